The Kier molecular flexibility index (Phi) is 7.01. The second kappa shape index (κ2) is 9.67. The summed E-state index contributed by atoms with van der Waals surface area (Å²) in [5.41, 5.74) is 2.47. The summed E-state index contributed by atoms with van der Waals surface area (Å²) in [6.45, 7) is 6.06. The third-order valence-electron chi connectivity index (χ3n) is 5.46. The fourth-order valence-corrected chi connectivity index (χ4v) is 3.93. The van der Waals surface area contributed by atoms with Crippen LogP contribution in [0.3, 0.4) is 0 Å². The second-order valence-corrected chi connectivity index (χ2v) is 7.91. The van der Waals surface area contributed by atoms with Crippen molar-refractivity contribution < 1.29 is 9.53 Å². The maximum Gasteiger partial charge on any atom is 0.322 e. The zero-order valence-electron chi connectivity index (χ0n) is 17.2. The Hall–Kier alpha value is -2.43. The van der Waals surface area contributed by atoms with E-state index in [2.05, 4.69) is 22.2 Å². The highest BCUT2D eigenvalue weighted by atomic mass is 16.5. The highest BCUT2D eigenvalue weighted by Crippen LogP contribution is 2.33. The topological polar surface area (TPSA) is 64.1 Å². The molecule has 28 heavy (non-hydrogen) atoms. The molecule has 0 unspecified atom stereocenters. The fraction of sp³-hybridized carbons (Fsp3) is 0.522. The Morgan fingerprint density at radius 3 is 2.50 bits per heavy atom. The van der Waals surface area contributed by atoms with Crippen molar-refractivity contribution in [2.24, 2.45) is 11.8 Å². The smallest absolute Gasteiger partial charge is 0.322 e. The fourth-order valence-electron chi connectivity index (χ4n) is 3.93. The number of benzene rings is 1. The van der Waals surface area contributed by atoms with E-state index < -0.39 is 0 Å². The number of carbonyl (C=O) groups excluding carboxylic acids is 1. The number of rotatable bonds is 7. The van der Waals surface area contributed by atoms with Crippen molar-refractivity contribution in [3.8, 4) is 11.8 Å². The van der Waals surface area contributed by atoms with Gasteiger partial charge in [-0.15, -0.1) is 0 Å². The van der Waals surface area contributed by atoms with Crippen LogP contribution in [-0.2, 0) is 4.79 Å². The van der Waals surface area contributed by atoms with Crippen LogP contribution in [0.15, 0.2) is 30.3 Å². The molecule has 5 nitrogen and oxygen atoms in total. The van der Waals surface area contributed by atoms with Crippen LogP contribution in [0.1, 0.15) is 63.3 Å². The summed E-state index contributed by atoms with van der Waals surface area (Å²) in [5, 5.41) is 3.06. The van der Waals surface area contributed by atoms with E-state index in [1.54, 1.807) is 0 Å². The van der Waals surface area contributed by atoms with Gasteiger partial charge in [-0.25, -0.2) is 9.97 Å². The maximum absolute atomic E-state index is 12.7. The van der Waals surface area contributed by atoms with Crippen molar-refractivity contribution in [1.29, 1.82) is 0 Å². The molecule has 0 spiro atoms. The van der Waals surface area contributed by atoms with Gasteiger partial charge >= 0.3 is 6.01 Å². The van der Waals surface area contributed by atoms with Crippen LogP contribution in [0.5, 0.6) is 11.8 Å². The predicted octanol–water partition coefficient (Wildman–Crippen LogP) is 5.82. The van der Waals surface area contributed by atoms with Gasteiger partial charge in [0.2, 0.25) is 5.91 Å². The lowest BCUT2D eigenvalue weighted by Crippen LogP contribution is -2.27. The molecule has 0 saturated heterocycles. The minimum atomic E-state index is 0.116. The van der Waals surface area contributed by atoms with Crippen molar-refractivity contribution in [2.45, 2.75) is 65.7 Å². The number of amides is 1. The summed E-state index contributed by atoms with van der Waals surface area (Å²) in [6, 6.07) is 9.66. The molecule has 1 N–H and O–H groups in total. The molecule has 150 valence electrons. The third kappa shape index (κ3) is 5.78. The highest BCUT2D eigenvalue weighted by Gasteiger charge is 2.26. The molecular weight excluding hydrogens is 350 g/mol. The molecule has 1 amide bonds. The summed E-state index contributed by atoms with van der Waals surface area (Å²) in [4.78, 5) is 21.3. The van der Waals surface area contributed by atoms with Crippen LogP contribution in [0.2, 0.25) is 0 Å². The lowest BCUT2D eigenvalue weighted by Gasteiger charge is -2.27. The quantitative estimate of drug-likeness (QED) is 0.656. The van der Waals surface area contributed by atoms with Gasteiger partial charge in [-0.05, 0) is 63.6 Å². The Bertz CT molecular complexity index is 778. The van der Waals surface area contributed by atoms with E-state index in [1.165, 1.54) is 32.1 Å². The van der Waals surface area contributed by atoms with Crippen molar-refractivity contribution >= 4 is 11.6 Å². The van der Waals surface area contributed by atoms with Crippen LogP contribution >= 0.6 is 0 Å². The Balaban J connectivity index is 1.56. The summed E-state index contributed by atoms with van der Waals surface area (Å²) in [5.74, 6) is 1.66. The third-order valence-corrected chi connectivity index (χ3v) is 5.46. The molecule has 1 aromatic heterocycles. The normalized spacial score (nSPS) is 19.2. The van der Waals surface area contributed by atoms with Crippen LogP contribution in [0.25, 0.3) is 0 Å². The van der Waals surface area contributed by atoms with Crippen molar-refractivity contribution in [1.82, 2.24) is 9.97 Å². The standard InChI is InChI=1S/C23H31N3O2/c1-4-5-7-18-10-12-19(13-11-18)22(27)26-20-8-6-9-21(15-20)28-23-24-16(2)14-17(3)25-23/h6,8-9,14-15,18-19H,4-5,7,10-13H2,1-3H3,(H,26,27). The average Bonchev–Trinajstić information content (AvgIpc) is 2.66. The Morgan fingerprint density at radius 2 is 1.82 bits per heavy atom. The summed E-state index contributed by atoms with van der Waals surface area (Å²) in [6.07, 6.45) is 8.20. The number of carbonyl (C=O) groups is 1. The first-order valence-corrected chi connectivity index (χ1v) is 10.4. The van der Waals surface area contributed by atoms with E-state index >= 15 is 0 Å². The van der Waals surface area contributed by atoms with Crippen molar-refractivity contribution in [2.75, 3.05) is 5.32 Å². The molecule has 5 heteroatoms. The molecule has 0 bridgehead atoms. The van der Waals surface area contributed by atoms with E-state index in [-0.39, 0.29) is 11.8 Å². The van der Waals surface area contributed by atoms with Gasteiger partial charge in [0.1, 0.15) is 5.75 Å². The first-order chi connectivity index (χ1) is 13.5. The summed E-state index contributed by atoms with van der Waals surface area (Å²) >= 11 is 0. The van der Waals surface area contributed by atoms with Crippen molar-refractivity contribution in [3.05, 3.63) is 41.7 Å². The molecule has 1 aliphatic rings. The second-order valence-electron chi connectivity index (χ2n) is 7.91. The number of ether oxygens (including phenoxy) is 1. The number of nitrogens with one attached hydrogen (secondary N) is 1. The lowest BCUT2D eigenvalue weighted by atomic mass is 9.79. The highest BCUT2D eigenvalue weighted by molar-refractivity contribution is 5.92. The summed E-state index contributed by atoms with van der Waals surface area (Å²) in [7, 11) is 0. The van der Waals surface area contributed by atoms with E-state index in [0.717, 1.165) is 35.8 Å². The van der Waals surface area contributed by atoms with E-state index in [1.807, 2.05) is 44.2 Å². The molecule has 1 aliphatic carbocycles. The number of anilines is 1. The van der Waals surface area contributed by atoms with Crippen LogP contribution in [0, 0.1) is 25.7 Å². The number of aryl methyl sites for hydroxylation is 2. The average molecular weight is 382 g/mol. The van der Waals surface area contributed by atoms with Gasteiger partial charge in [0.05, 0.1) is 0 Å². The molecule has 1 aromatic carbocycles. The van der Waals surface area contributed by atoms with Crippen LogP contribution in [-0.4, -0.2) is 15.9 Å². The van der Waals surface area contributed by atoms with Gasteiger partial charge in [-0.2, -0.15) is 0 Å². The van der Waals surface area contributed by atoms with Crippen LogP contribution in [0.4, 0.5) is 5.69 Å². The number of unbranched alkanes of at least 4 members (excludes halogenated alkanes) is 1. The zero-order valence-corrected chi connectivity index (χ0v) is 17.2. The molecule has 0 aliphatic heterocycles. The number of nitrogens with zero attached hydrogens (tertiary/aromatic N) is 2. The van der Waals surface area contributed by atoms with Gasteiger partial charge < -0.3 is 10.1 Å². The number of hydrogen-bond acceptors (Lipinski definition) is 4. The SMILES string of the molecule is CCCCC1CCC(C(=O)Nc2cccc(Oc3nc(C)cc(C)n3)c2)CC1. The predicted molar refractivity (Wildman–Crippen MR) is 112 cm³/mol. The van der Waals surface area contributed by atoms with Crippen molar-refractivity contribution in [3.63, 3.8) is 0 Å². The molecule has 1 saturated carbocycles. The molecule has 0 atom stereocenters. The van der Waals surface area contributed by atoms with Gasteiger partial charge in [-0.3, -0.25) is 4.79 Å². The number of hydrogen-bond donors (Lipinski definition) is 1. The van der Waals surface area contributed by atoms with E-state index in [0.29, 0.717) is 11.8 Å². The van der Waals surface area contributed by atoms with E-state index in [4.69, 9.17) is 4.74 Å². The number of aromatic nitrogens is 2. The largest absolute Gasteiger partial charge is 0.424 e. The first-order valence-electron chi connectivity index (χ1n) is 10.4. The van der Waals surface area contributed by atoms with Crippen LogP contribution < -0.4 is 10.1 Å². The monoisotopic (exact) mass is 381 g/mol. The zero-order chi connectivity index (χ0) is 19.9. The Morgan fingerprint density at radius 1 is 1.11 bits per heavy atom. The maximum atomic E-state index is 12.7. The lowest BCUT2D eigenvalue weighted by molar-refractivity contribution is -0.121. The molecular formula is C23H31N3O2. The molecule has 0 radical (unpaired) electrons. The minimum absolute atomic E-state index is 0.116. The Labute approximate surface area is 167 Å². The van der Waals surface area contributed by atoms with E-state index in [9.17, 15) is 4.79 Å². The molecule has 1 fully saturated rings. The van der Waals surface area contributed by atoms with Gasteiger partial charge in [-0.1, -0.05) is 32.3 Å². The first kappa shape index (κ1) is 20.3. The van der Waals surface area contributed by atoms with Gasteiger partial charge in [0.15, 0.2) is 0 Å². The minimum Gasteiger partial charge on any atom is -0.424 e. The summed E-state index contributed by atoms with van der Waals surface area (Å²) < 4.78 is 5.79. The van der Waals surface area contributed by atoms with Gasteiger partial charge in [0, 0.05) is 29.1 Å². The molecule has 1 heterocycles. The molecule has 3 rings (SSSR count). The van der Waals surface area contributed by atoms with Gasteiger partial charge in [0.25, 0.3) is 0 Å². The molecule has 2 aromatic rings.